The second kappa shape index (κ2) is 6.05. The van der Waals surface area contributed by atoms with Crippen molar-refractivity contribution in [2.45, 2.75) is 18.6 Å². The summed E-state index contributed by atoms with van der Waals surface area (Å²) in [5, 5.41) is 19.3. The zero-order valence-corrected chi connectivity index (χ0v) is 13.7. The number of carbonyl (C=O) groups excluding carboxylic acids is 1. The maximum absolute atomic E-state index is 12.5. The number of aliphatic carboxylic acids is 1. The molecule has 1 aromatic rings. The number of halogens is 3. The van der Waals surface area contributed by atoms with E-state index in [4.69, 9.17) is 28.3 Å². The van der Waals surface area contributed by atoms with Crippen molar-refractivity contribution < 1.29 is 19.8 Å². The first-order valence-electron chi connectivity index (χ1n) is 5.67. The van der Waals surface area contributed by atoms with Gasteiger partial charge in [0.15, 0.2) is 0 Å². The van der Waals surface area contributed by atoms with Gasteiger partial charge in [0.05, 0.1) is 16.7 Å². The lowest BCUT2D eigenvalue weighted by Crippen LogP contribution is -2.40. The molecule has 2 N–H and O–H groups in total. The summed E-state index contributed by atoms with van der Waals surface area (Å²) in [6.45, 7) is -0.0178. The highest BCUT2D eigenvalue weighted by atomic mass is 127. The molecule has 0 saturated carbocycles. The Bertz CT molecular complexity index is 581. The molecule has 1 fully saturated rings. The van der Waals surface area contributed by atoms with Crippen LogP contribution < -0.4 is 0 Å². The number of likely N-dealkylation sites (tertiary alicyclic amines) is 1. The minimum Gasteiger partial charge on any atom is -0.480 e. The number of hydrogen-bond donors (Lipinski definition) is 2. The molecular weight excluding hydrogens is 420 g/mol. The lowest BCUT2D eigenvalue weighted by Gasteiger charge is -2.22. The van der Waals surface area contributed by atoms with Crippen molar-refractivity contribution in [3.63, 3.8) is 0 Å². The smallest absolute Gasteiger partial charge is 0.326 e. The molecular formula is C12H10Cl2INO4. The van der Waals surface area contributed by atoms with Crippen molar-refractivity contribution in [3.05, 3.63) is 31.3 Å². The average Bonchev–Trinajstić information content (AvgIpc) is 2.75. The second-order valence-electron chi connectivity index (χ2n) is 4.45. The Labute approximate surface area is 138 Å². The number of benzene rings is 1. The van der Waals surface area contributed by atoms with E-state index in [1.165, 1.54) is 12.1 Å². The normalized spacial score (nSPS) is 22.1. The fraction of sp³-hybridized carbons (Fsp3) is 0.333. The fourth-order valence-electron chi connectivity index (χ4n) is 2.14. The Kier molecular flexibility index (Phi) is 4.78. The quantitative estimate of drug-likeness (QED) is 0.558. The van der Waals surface area contributed by atoms with Crippen molar-refractivity contribution in [2.24, 2.45) is 0 Å². The van der Waals surface area contributed by atoms with Crippen LogP contribution in [0, 0.1) is 3.57 Å². The van der Waals surface area contributed by atoms with Crippen LogP contribution in [0.3, 0.4) is 0 Å². The molecule has 0 aromatic heterocycles. The Hall–Kier alpha value is -0.570. The molecule has 1 aliphatic rings. The minimum atomic E-state index is -1.14. The number of nitrogens with zero attached hydrogens (tertiary/aromatic N) is 1. The Morgan fingerprint density at radius 3 is 2.60 bits per heavy atom. The van der Waals surface area contributed by atoms with Crippen molar-refractivity contribution in [1.82, 2.24) is 4.90 Å². The SMILES string of the molecule is O=C(O)[C@H]1C[C@@H](O)CN1C(=O)c1cc(Cl)cc(Cl)c1I. The van der Waals surface area contributed by atoms with Crippen molar-refractivity contribution >= 4 is 57.7 Å². The highest BCUT2D eigenvalue weighted by Crippen LogP contribution is 2.29. The van der Waals surface area contributed by atoms with Crippen LogP contribution >= 0.6 is 45.8 Å². The van der Waals surface area contributed by atoms with Gasteiger partial charge in [0.25, 0.3) is 5.91 Å². The molecule has 1 saturated heterocycles. The highest BCUT2D eigenvalue weighted by Gasteiger charge is 2.39. The van der Waals surface area contributed by atoms with Crippen LogP contribution in [0.15, 0.2) is 12.1 Å². The van der Waals surface area contributed by atoms with Crippen LogP contribution in [0.25, 0.3) is 0 Å². The first-order chi connectivity index (χ1) is 9.31. The third-order valence-corrected chi connectivity index (χ3v) is 5.05. The van der Waals surface area contributed by atoms with Gasteiger partial charge in [-0.25, -0.2) is 4.79 Å². The number of carboxylic acids is 1. The number of rotatable bonds is 2. The lowest BCUT2D eigenvalue weighted by molar-refractivity contribution is -0.141. The molecule has 1 heterocycles. The number of aliphatic hydroxyl groups is 1. The zero-order chi connectivity index (χ0) is 15.0. The fourth-order valence-corrected chi connectivity index (χ4v) is 3.17. The van der Waals surface area contributed by atoms with Gasteiger partial charge in [0.2, 0.25) is 0 Å². The number of hydrogen-bond acceptors (Lipinski definition) is 3. The summed E-state index contributed by atoms with van der Waals surface area (Å²) in [4.78, 5) is 24.8. The predicted molar refractivity (Wildman–Crippen MR) is 82.3 cm³/mol. The molecule has 0 aliphatic carbocycles. The van der Waals surface area contributed by atoms with Gasteiger partial charge < -0.3 is 15.1 Å². The molecule has 5 nitrogen and oxygen atoms in total. The molecule has 20 heavy (non-hydrogen) atoms. The second-order valence-corrected chi connectivity index (χ2v) is 6.37. The van der Waals surface area contributed by atoms with Crippen molar-refractivity contribution in [3.8, 4) is 0 Å². The van der Waals surface area contributed by atoms with Gasteiger partial charge in [-0.3, -0.25) is 4.79 Å². The van der Waals surface area contributed by atoms with E-state index in [0.29, 0.717) is 13.6 Å². The molecule has 1 amide bonds. The van der Waals surface area contributed by atoms with Crippen LogP contribution in [-0.2, 0) is 4.79 Å². The lowest BCUT2D eigenvalue weighted by atomic mass is 10.1. The summed E-state index contributed by atoms with van der Waals surface area (Å²) in [7, 11) is 0. The van der Waals surface area contributed by atoms with E-state index in [9.17, 15) is 14.7 Å². The predicted octanol–water partition coefficient (Wildman–Crippen LogP) is 2.26. The molecule has 0 bridgehead atoms. The third-order valence-electron chi connectivity index (χ3n) is 3.05. The number of aliphatic hydroxyl groups excluding tert-OH is 1. The van der Waals surface area contributed by atoms with E-state index in [1.54, 1.807) is 0 Å². The van der Waals surface area contributed by atoms with E-state index >= 15 is 0 Å². The monoisotopic (exact) mass is 429 g/mol. The number of β-amino-alcohol motifs (C(OH)–C–C–N with tert-alkyl or cyclic N) is 1. The molecule has 1 aliphatic heterocycles. The average molecular weight is 430 g/mol. The zero-order valence-electron chi connectivity index (χ0n) is 10.0. The van der Waals surface area contributed by atoms with Crippen molar-refractivity contribution in [1.29, 1.82) is 0 Å². The van der Waals surface area contributed by atoms with Gasteiger partial charge in [-0.15, -0.1) is 0 Å². The molecule has 0 spiro atoms. The van der Waals surface area contributed by atoms with Gasteiger partial charge in [0.1, 0.15) is 6.04 Å². The van der Waals surface area contributed by atoms with E-state index in [1.807, 2.05) is 22.6 Å². The maximum atomic E-state index is 12.5. The summed E-state index contributed by atoms with van der Waals surface area (Å²) in [6, 6.07) is 1.92. The van der Waals surface area contributed by atoms with Crippen molar-refractivity contribution in [2.75, 3.05) is 6.54 Å². The number of carboxylic acid groups (broad SMARTS) is 1. The molecule has 8 heteroatoms. The summed E-state index contributed by atoms with van der Waals surface area (Å²) < 4.78 is 0.504. The molecule has 2 atom stereocenters. The Morgan fingerprint density at radius 1 is 1.35 bits per heavy atom. The summed E-state index contributed by atoms with van der Waals surface area (Å²) >= 11 is 13.8. The van der Waals surface area contributed by atoms with E-state index < -0.39 is 24.0 Å². The summed E-state index contributed by atoms with van der Waals surface area (Å²) in [5.41, 5.74) is 0.239. The molecule has 1 aromatic carbocycles. The summed E-state index contributed by atoms with van der Waals surface area (Å²) in [6.07, 6.45) is -0.821. The number of amides is 1. The Morgan fingerprint density at radius 2 is 2.00 bits per heavy atom. The largest absolute Gasteiger partial charge is 0.480 e. The first-order valence-corrected chi connectivity index (χ1v) is 7.51. The van der Waals surface area contributed by atoms with E-state index in [0.717, 1.165) is 4.90 Å². The molecule has 108 valence electrons. The van der Waals surface area contributed by atoms with Crippen LogP contribution in [0.2, 0.25) is 10.0 Å². The van der Waals surface area contributed by atoms with Crippen LogP contribution in [-0.4, -0.2) is 45.7 Å². The number of carbonyl (C=O) groups is 2. The van der Waals surface area contributed by atoms with Gasteiger partial charge in [0, 0.05) is 21.6 Å². The van der Waals surface area contributed by atoms with Gasteiger partial charge in [-0.2, -0.15) is 0 Å². The van der Waals surface area contributed by atoms with Gasteiger partial charge in [-0.1, -0.05) is 23.2 Å². The highest BCUT2D eigenvalue weighted by molar-refractivity contribution is 14.1. The van der Waals surface area contributed by atoms with Gasteiger partial charge in [-0.05, 0) is 34.7 Å². The molecule has 0 unspecified atom stereocenters. The molecule has 0 radical (unpaired) electrons. The standard InChI is InChI=1S/C12H10Cl2INO4/c13-5-1-7(10(15)8(14)2-5)11(18)16-4-6(17)3-9(16)12(19)20/h1-2,6,9,17H,3-4H2,(H,19,20)/t6-,9-/m1/s1. The maximum Gasteiger partial charge on any atom is 0.326 e. The summed E-state index contributed by atoms with van der Waals surface area (Å²) in [5.74, 6) is -1.64. The van der Waals surface area contributed by atoms with Crippen LogP contribution in [0.5, 0.6) is 0 Å². The Balaban J connectivity index is 2.38. The minimum absolute atomic E-state index is 0.0178. The van der Waals surface area contributed by atoms with Gasteiger partial charge >= 0.3 is 5.97 Å². The van der Waals surface area contributed by atoms with Crippen LogP contribution in [0.1, 0.15) is 16.8 Å². The van der Waals surface area contributed by atoms with E-state index in [2.05, 4.69) is 0 Å². The first kappa shape index (κ1) is 15.8. The van der Waals surface area contributed by atoms with E-state index in [-0.39, 0.29) is 18.5 Å². The topological polar surface area (TPSA) is 77.8 Å². The third kappa shape index (κ3) is 3.03. The van der Waals surface area contributed by atoms with Crippen LogP contribution in [0.4, 0.5) is 0 Å². The molecule has 2 rings (SSSR count).